The summed E-state index contributed by atoms with van der Waals surface area (Å²) in [5.74, 6) is 0.0604. The van der Waals surface area contributed by atoms with E-state index in [-0.39, 0.29) is 17.6 Å². The van der Waals surface area contributed by atoms with Gasteiger partial charge in [-0.1, -0.05) is 48.0 Å². The molecule has 0 radical (unpaired) electrons. The third-order valence-corrected chi connectivity index (χ3v) is 6.72. The predicted octanol–water partition coefficient (Wildman–Crippen LogP) is 4.11. The topological polar surface area (TPSA) is 67.3 Å². The third-order valence-electron chi connectivity index (χ3n) is 5.64. The standard InChI is InChI=1S/C24H26N2O3S/c1-17-9-11-19(12-10-17)23-14-21(20-7-3-4-8-22(20)25-23)24(27)26-13-5-6-18(15-26)16-30(2,28)29/h3-4,7-12,14,18H,5-6,13,15-16H2,1-2H3. The van der Waals surface area contributed by atoms with Gasteiger partial charge in [0.15, 0.2) is 0 Å². The lowest BCUT2D eigenvalue weighted by Gasteiger charge is -2.32. The van der Waals surface area contributed by atoms with E-state index in [1.54, 1.807) is 4.90 Å². The molecule has 5 nitrogen and oxygen atoms in total. The average Bonchev–Trinajstić information content (AvgIpc) is 2.72. The van der Waals surface area contributed by atoms with Crippen LogP contribution < -0.4 is 0 Å². The number of carbonyl (C=O) groups excluding carboxylic acids is 1. The zero-order valence-electron chi connectivity index (χ0n) is 17.3. The minimum absolute atomic E-state index is 0.0117. The molecule has 1 aromatic heterocycles. The Morgan fingerprint density at radius 3 is 2.60 bits per heavy atom. The number of likely N-dealkylation sites (tertiary alicyclic amines) is 1. The highest BCUT2D eigenvalue weighted by Gasteiger charge is 2.28. The first-order valence-corrected chi connectivity index (χ1v) is 12.3. The van der Waals surface area contributed by atoms with Crippen molar-refractivity contribution >= 4 is 26.6 Å². The molecule has 0 N–H and O–H groups in total. The summed E-state index contributed by atoms with van der Waals surface area (Å²) in [5, 5.41) is 0.823. The summed E-state index contributed by atoms with van der Waals surface area (Å²) < 4.78 is 23.5. The highest BCUT2D eigenvalue weighted by molar-refractivity contribution is 7.90. The smallest absolute Gasteiger partial charge is 0.254 e. The second kappa shape index (κ2) is 8.19. The van der Waals surface area contributed by atoms with Gasteiger partial charge in [0, 0.05) is 30.3 Å². The lowest BCUT2D eigenvalue weighted by molar-refractivity contribution is 0.0686. The number of sulfone groups is 1. The molecular weight excluding hydrogens is 396 g/mol. The highest BCUT2D eigenvalue weighted by Crippen LogP contribution is 2.28. The Morgan fingerprint density at radius 2 is 1.87 bits per heavy atom. The third kappa shape index (κ3) is 4.54. The van der Waals surface area contributed by atoms with Gasteiger partial charge in [-0.3, -0.25) is 4.79 Å². The minimum Gasteiger partial charge on any atom is -0.338 e. The summed E-state index contributed by atoms with van der Waals surface area (Å²) in [4.78, 5) is 20.1. The fourth-order valence-corrected chi connectivity index (χ4v) is 5.34. The molecular formula is C24H26N2O3S. The fourth-order valence-electron chi connectivity index (χ4n) is 4.21. The van der Waals surface area contributed by atoms with Gasteiger partial charge in [-0.05, 0) is 37.8 Å². The lowest BCUT2D eigenvalue weighted by Crippen LogP contribution is -2.41. The van der Waals surface area contributed by atoms with Crippen molar-refractivity contribution in [1.82, 2.24) is 9.88 Å². The van der Waals surface area contributed by atoms with Gasteiger partial charge in [0.25, 0.3) is 5.91 Å². The van der Waals surface area contributed by atoms with Crippen molar-refractivity contribution in [2.24, 2.45) is 5.92 Å². The number of rotatable bonds is 4. The average molecular weight is 423 g/mol. The summed E-state index contributed by atoms with van der Waals surface area (Å²) in [7, 11) is -3.07. The van der Waals surface area contributed by atoms with Crippen LogP contribution in [0.5, 0.6) is 0 Å². The van der Waals surface area contributed by atoms with E-state index >= 15 is 0 Å². The van der Waals surface area contributed by atoms with Gasteiger partial charge in [0.2, 0.25) is 0 Å². The van der Waals surface area contributed by atoms with E-state index in [4.69, 9.17) is 4.98 Å². The second-order valence-electron chi connectivity index (χ2n) is 8.29. The SMILES string of the molecule is Cc1ccc(-c2cc(C(=O)N3CCCC(CS(C)(=O)=O)C3)c3ccccc3n2)cc1. The maximum atomic E-state index is 13.5. The zero-order valence-corrected chi connectivity index (χ0v) is 18.2. The highest BCUT2D eigenvalue weighted by atomic mass is 32.2. The van der Waals surface area contributed by atoms with Crippen molar-refractivity contribution in [3.63, 3.8) is 0 Å². The predicted molar refractivity (Wildman–Crippen MR) is 120 cm³/mol. The van der Waals surface area contributed by atoms with Crippen LogP contribution >= 0.6 is 0 Å². The molecule has 4 rings (SSSR count). The molecule has 1 fully saturated rings. The Bertz CT molecular complexity index is 1190. The molecule has 2 heterocycles. The van der Waals surface area contributed by atoms with Crippen LogP contribution in [-0.4, -0.2) is 49.3 Å². The molecule has 2 aromatic carbocycles. The summed E-state index contributed by atoms with van der Waals surface area (Å²) in [6.45, 7) is 3.16. The van der Waals surface area contributed by atoms with Crippen LogP contribution in [0.2, 0.25) is 0 Å². The summed E-state index contributed by atoms with van der Waals surface area (Å²) in [5.41, 5.74) is 4.30. The molecule has 6 heteroatoms. The van der Waals surface area contributed by atoms with Gasteiger partial charge in [0.05, 0.1) is 22.5 Å². The fraction of sp³-hybridized carbons (Fsp3) is 0.333. The van der Waals surface area contributed by atoms with Crippen molar-refractivity contribution in [3.05, 3.63) is 65.7 Å². The van der Waals surface area contributed by atoms with E-state index in [9.17, 15) is 13.2 Å². The normalized spacial score (nSPS) is 17.3. The number of benzene rings is 2. The van der Waals surface area contributed by atoms with Crippen LogP contribution in [0.15, 0.2) is 54.6 Å². The number of hydrogen-bond donors (Lipinski definition) is 0. The quantitative estimate of drug-likeness (QED) is 0.635. The van der Waals surface area contributed by atoms with Gasteiger partial charge >= 0.3 is 0 Å². The number of carbonyl (C=O) groups is 1. The number of aryl methyl sites for hydroxylation is 1. The van der Waals surface area contributed by atoms with Crippen molar-refractivity contribution in [1.29, 1.82) is 0 Å². The van der Waals surface area contributed by atoms with Crippen LogP contribution in [0, 0.1) is 12.8 Å². The Morgan fingerprint density at radius 1 is 1.13 bits per heavy atom. The maximum absolute atomic E-state index is 13.5. The molecule has 0 saturated carbocycles. The molecule has 1 saturated heterocycles. The van der Waals surface area contributed by atoms with E-state index in [1.165, 1.54) is 11.8 Å². The molecule has 1 amide bonds. The van der Waals surface area contributed by atoms with Gasteiger partial charge < -0.3 is 4.90 Å². The van der Waals surface area contributed by atoms with Crippen molar-refractivity contribution in [2.45, 2.75) is 19.8 Å². The van der Waals surface area contributed by atoms with Crippen molar-refractivity contribution < 1.29 is 13.2 Å². The zero-order chi connectivity index (χ0) is 21.3. The van der Waals surface area contributed by atoms with E-state index in [0.29, 0.717) is 18.7 Å². The number of amides is 1. The van der Waals surface area contributed by atoms with Crippen LogP contribution in [0.25, 0.3) is 22.2 Å². The van der Waals surface area contributed by atoms with E-state index in [2.05, 4.69) is 0 Å². The van der Waals surface area contributed by atoms with Gasteiger partial charge in [0.1, 0.15) is 9.84 Å². The molecule has 30 heavy (non-hydrogen) atoms. The number of piperidine rings is 1. The van der Waals surface area contributed by atoms with Crippen LogP contribution in [0.1, 0.15) is 28.8 Å². The maximum Gasteiger partial charge on any atom is 0.254 e. The van der Waals surface area contributed by atoms with Crippen LogP contribution in [0.4, 0.5) is 0 Å². The Balaban J connectivity index is 1.72. The van der Waals surface area contributed by atoms with Gasteiger partial charge in [-0.25, -0.2) is 13.4 Å². The number of aromatic nitrogens is 1. The first kappa shape index (κ1) is 20.5. The summed E-state index contributed by atoms with van der Waals surface area (Å²) >= 11 is 0. The van der Waals surface area contributed by atoms with Crippen molar-refractivity contribution in [2.75, 3.05) is 25.1 Å². The number of nitrogens with zero attached hydrogens (tertiary/aromatic N) is 2. The monoisotopic (exact) mass is 422 g/mol. The number of para-hydroxylation sites is 1. The lowest BCUT2D eigenvalue weighted by atomic mass is 9.97. The van der Waals surface area contributed by atoms with Crippen molar-refractivity contribution in [3.8, 4) is 11.3 Å². The second-order valence-corrected chi connectivity index (χ2v) is 10.5. The van der Waals surface area contributed by atoms with E-state index < -0.39 is 9.84 Å². The minimum atomic E-state index is -3.07. The van der Waals surface area contributed by atoms with E-state index in [0.717, 1.165) is 35.0 Å². The molecule has 0 bridgehead atoms. The Labute approximate surface area is 177 Å². The number of fused-ring (bicyclic) bond motifs is 1. The number of hydrogen-bond acceptors (Lipinski definition) is 4. The molecule has 0 aliphatic carbocycles. The molecule has 1 atom stereocenters. The Hall–Kier alpha value is -2.73. The number of pyridine rings is 1. The van der Waals surface area contributed by atoms with Crippen LogP contribution in [-0.2, 0) is 9.84 Å². The molecule has 3 aromatic rings. The molecule has 1 unspecified atom stereocenters. The molecule has 1 aliphatic rings. The van der Waals surface area contributed by atoms with Gasteiger partial charge in [-0.15, -0.1) is 0 Å². The molecule has 0 spiro atoms. The first-order valence-electron chi connectivity index (χ1n) is 10.2. The van der Waals surface area contributed by atoms with Crippen LogP contribution in [0.3, 0.4) is 0 Å². The largest absolute Gasteiger partial charge is 0.338 e. The summed E-state index contributed by atoms with van der Waals surface area (Å²) in [6.07, 6.45) is 2.92. The Kier molecular flexibility index (Phi) is 5.60. The first-order chi connectivity index (χ1) is 14.3. The summed E-state index contributed by atoms with van der Waals surface area (Å²) in [6, 6.07) is 17.7. The molecule has 156 valence electrons. The van der Waals surface area contributed by atoms with E-state index in [1.807, 2.05) is 61.5 Å². The molecule has 1 aliphatic heterocycles. The van der Waals surface area contributed by atoms with Gasteiger partial charge in [-0.2, -0.15) is 0 Å².